The molecule has 0 unspecified atom stereocenters. The van der Waals surface area contributed by atoms with E-state index >= 15 is 0 Å². The van der Waals surface area contributed by atoms with Crippen molar-refractivity contribution < 1.29 is 19.8 Å². The van der Waals surface area contributed by atoms with E-state index in [-0.39, 0.29) is 11.1 Å². The zero-order chi connectivity index (χ0) is 18.8. The highest BCUT2D eigenvalue weighted by Gasteiger charge is 2.13. The SMILES string of the molecule is C/C(=C\c1c2ccccc2c(/C=C(\C)C(=O)O)c2ccccc12)C(=O)O. The molecule has 0 radical (unpaired) electrons. The van der Waals surface area contributed by atoms with Gasteiger partial charge in [0.15, 0.2) is 0 Å². The molecule has 0 aromatic heterocycles. The van der Waals surface area contributed by atoms with Crippen molar-refractivity contribution in [3.63, 3.8) is 0 Å². The van der Waals surface area contributed by atoms with Crippen molar-refractivity contribution in [3.8, 4) is 0 Å². The van der Waals surface area contributed by atoms with Gasteiger partial charge in [-0.2, -0.15) is 0 Å². The Balaban J connectivity index is 2.51. The molecule has 0 bridgehead atoms. The van der Waals surface area contributed by atoms with Crippen molar-refractivity contribution in [3.05, 3.63) is 70.8 Å². The Bertz CT molecular complexity index is 959. The van der Waals surface area contributed by atoms with Crippen LogP contribution in [0.15, 0.2) is 59.7 Å². The summed E-state index contributed by atoms with van der Waals surface area (Å²) in [5.74, 6) is -1.94. The van der Waals surface area contributed by atoms with Crippen LogP contribution in [0.3, 0.4) is 0 Å². The normalized spacial score (nSPS) is 12.5. The average Bonchev–Trinajstić information content (AvgIpc) is 2.63. The molecule has 0 aliphatic rings. The van der Waals surface area contributed by atoms with E-state index in [9.17, 15) is 19.8 Å². The Morgan fingerprint density at radius 3 is 1.15 bits per heavy atom. The van der Waals surface area contributed by atoms with Gasteiger partial charge in [-0.1, -0.05) is 48.5 Å². The molecule has 130 valence electrons. The molecule has 0 atom stereocenters. The van der Waals surface area contributed by atoms with Crippen LogP contribution < -0.4 is 0 Å². The van der Waals surface area contributed by atoms with Crippen molar-refractivity contribution in [1.29, 1.82) is 0 Å². The van der Waals surface area contributed by atoms with Gasteiger partial charge in [0, 0.05) is 11.1 Å². The zero-order valence-electron chi connectivity index (χ0n) is 14.5. The molecule has 0 amide bonds. The first-order valence-corrected chi connectivity index (χ1v) is 8.16. The second-order valence-corrected chi connectivity index (χ2v) is 6.18. The number of carbonyl (C=O) groups is 2. The number of hydrogen-bond acceptors (Lipinski definition) is 2. The molecule has 3 aromatic carbocycles. The molecule has 0 aliphatic carbocycles. The van der Waals surface area contributed by atoms with Crippen LogP contribution in [0.2, 0.25) is 0 Å². The minimum absolute atomic E-state index is 0.241. The van der Waals surface area contributed by atoms with Gasteiger partial charge in [-0.25, -0.2) is 9.59 Å². The van der Waals surface area contributed by atoms with Gasteiger partial charge in [0.05, 0.1) is 0 Å². The van der Waals surface area contributed by atoms with Crippen molar-refractivity contribution in [2.24, 2.45) is 0 Å². The van der Waals surface area contributed by atoms with Crippen LogP contribution in [0.1, 0.15) is 25.0 Å². The van der Waals surface area contributed by atoms with Gasteiger partial charge in [0.2, 0.25) is 0 Å². The van der Waals surface area contributed by atoms with E-state index in [1.807, 2.05) is 48.5 Å². The van der Waals surface area contributed by atoms with Crippen LogP contribution in [-0.2, 0) is 9.59 Å². The summed E-state index contributed by atoms with van der Waals surface area (Å²) in [7, 11) is 0. The Morgan fingerprint density at radius 1 is 0.654 bits per heavy atom. The van der Waals surface area contributed by atoms with E-state index in [1.54, 1.807) is 26.0 Å². The quantitative estimate of drug-likeness (QED) is 0.517. The fraction of sp³-hybridized carbons (Fsp3) is 0.0909. The zero-order valence-corrected chi connectivity index (χ0v) is 14.5. The lowest BCUT2D eigenvalue weighted by Gasteiger charge is -2.14. The third-order valence-corrected chi connectivity index (χ3v) is 4.41. The first kappa shape index (κ1) is 17.4. The summed E-state index contributed by atoms with van der Waals surface area (Å²) in [5.41, 5.74) is 2.12. The van der Waals surface area contributed by atoms with Crippen LogP contribution >= 0.6 is 0 Å². The molecule has 0 saturated carbocycles. The second kappa shape index (κ2) is 6.84. The maximum Gasteiger partial charge on any atom is 0.331 e. The Kier molecular flexibility index (Phi) is 4.59. The number of carboxylic acids is 2. The summed E-state index contributed by atoms with van der Waals surface area (Å²) in [4.78, 5) is 22.6. The van der Waals surface area contributed by atoms with E-state index < -0.39 is 11.9 Å². The third kappa shape index (κ3) is 3.09. The largest absolute Gasteiger partial charge is 0.478 e. The van der Waals surface area contributed by atoms with Gasteiger partial charge in [-0.05, 0) is 58.7 Å². The van der Waals surface area contributed by atoms with Gasteiger partial charge in [0.25, 0.3) is 0 Å². The number of fused-ring (bicyclic) bond motifs is 2. The molecule has 0 heterocycles. The predicted octanol–water partition coefficient (Wildman–Crippen LogP) is 4.97. The molecule has 0 fully saturated rings. The smallest absolute Gasteiger partial charge is 0.331 e. The molecule has 0 saturated heterocycles. The van der Waals surface area contributed by atoms with Crippen molar-refractivity contribution >= 4 is 45.6 Å². The van der Waals surface area contributed by atoms with Crippen LogP contribution in [0.5, 0.6) is 0 Å². The number of hydrogen-bond donors (Lipinski definition) is 2. The fourth-order valence-corrected chi connectivity index (χ4v) is 3.06. The maximum atomic E-state index is 11.3. The molecule has 0 spiro atoms. The van der Waals surface area contributed by atoms with Crippen molar-refractivity contribution in [2.75, 3.05) is 0 Å². The van der Waals surface area contributed by atoms with Crippen LogP contribution in [0.4, 0.5) is 0 Å². The summed E-state index contributed by atoms with van der Waals surface area (Å²) < 4.78 is 0. The first-order valence-electron chi connectivity index (χ1n) is 8.16. The molecule has 3 aromatic rings. The molecular formula is C22H18O4. The number of carboxylic acid groups (broad SMARTS) is 2. The molecule has 0 aliphatic heterocycles. The topological polar surface area (TPSA) is 74.6 Å². The maximum absolute atomic E-state index is 11.3. The van der Waals surface area contributed by atoms with Gasteiger partial charge < -0.3 is 10.2 Å². The number of benzene rings is 3. The lowest BCUT2D eigenvalue weighted by atomic mass is 9.90. The third-order valence-electron chi connectivity index (χ3n) is 4.41. The molecule has 3 rings (SSSR count). The van der Waals surface area contributed by atoms with E-state index in [4.69, 9.17) is 0 Å². The highest BCUT2D eigenvalue weighted by atomic mass is 16.4. The Hall–Kier alpha value is -3.40. The van der Waals surface area contributed by atoms with E-state index in [1.165, 1.54) is 0 Å². The summed E-state index contributed by atoms with van der Waals surface area (Å²) in [6.45, 7) is 3.13. The Morgan fingerprint density at radius 2 is 0.923 bits per heavy atom. The molecular weight excluding hydrogens is 328 g/mol. The summed E-state index contributed by atoms with van der Waals surface area (Å²) in [5, 5.41) is 22.1. The monoisotopic (exact) mass is 346 g/mol. The lowest BCUT2D eigenvalue weighted by molar-refractivity contribution is -0.133. The van der Waals surface area contributed by atoms with Crippen LogP contribution in [0, 0.1) is 0 Å². The minimum atomic E-state index is -0.969. The fourth-order valence-electron chi connectivity index (χ4n) is 3.06. The highest BCUT2D eigenvalue weighted by molar-refractivity contribution is 6.15. The summed E-state index contributed by atoms with van der Waals surface area (Å²) in [6, 6.07) is 15.3. The second-order valence-electron chi connectivity index (χ2n) is 6.18. The average molecular weight is 346 g/mol. The molecule has 26 heavy (non-hydrogen) atoms. The Labute approximate surface area is 150 Å². The van der Waals surface area contributed by atoms with Crippen LogP contribution in [-0.4, -0.2) is 22.2 Å². The van der Waals surface area contributed by atoms with Crippen LogP contribution in [0.25, 0.3) is 33.7 Å². The molecule has 2 N–H and O–H groups in total. The highest BCUT2D eigenvalue weighted by Crippen LogP contribution is 2.35. The molecule has 4 heteroatoms. The predicted molar refractivity (Wildman–Crippen MR) is 104 cm³/mol. The minimum Gasteiger partial charge on any atom is -0.478 e. The number of rotatable bonds is 4. The summed E-state index contributed by atoms with van der Waals surface area (Å²) in [6.07, 6.45) is 3.34. The number of aliphatic carboxylic acids is 2. The van der Waals surface area contributed by atoms with Gasteiger partial charge in [-0.3, -0.25) is 0 Å². The van der Waals surface area contributed by atoms with Gasteiger partial charge in [-0.15, -0.1) is 0 Å². The van der Waals surface area contributed by atoms with Gasteiger partial charge in [0.1, 0.15) is 0 Å². The molecule has 4 nitrogen and oxygen atoms in total. The van der Waals surface area contributed by atoms with E-state index in [2.05, 4.69) is 0 Å². The van der Waals surface area contributed by atoms with E-state index in [0.29, 0.717) is 0 Å². The van der Waals surface area contributed by atoms with E-state index in [0.717, 1.165) is 32.7 Å². The first-order chi connectivity index (χ1) is 12.4. The standard InChI is InChI=1S/C22H18O4/c1-13(21(23)24)11-19-15-7-3-5-9-17(15)20(12-14(2)22(25)26)18-10-6-4-8-16(18)19/h3-12H,1-2H3,(H,23,24)(H,25,26)/b13-11+,14-12+. The lowest BCUT2D eigenvalue weighted by Crippen LogP contribution is -1.98. The van der Waals surface area contributed by atoms with Crippen molar-refractivity contribution in [2.45, 2.75) is 13.8 Å². The summed E-state index contributed by atoms with van der Waals surface area (Å²) >= 11 is 0. The van der Waals surface area contributed by atoms with Gasteiger partial charge >= 0.3 is 11.9 Å². The van der Waals surface area contributed by atoms with Crippen molar-refractivity contribution in [1.82, 2.24) is 0 Å².